The van der Waals surface area contributed by atoms with Gasteiger partial charge >= 0.3 is 0 Å². The normalized spacial score (nSPS) is 24.0. The minimum absolute atomic E-state index is 0.0407. The fourth-order valence-corrected chi connectivity index (χ4v) is 2.89. The highest BCUT2D eigenvalue weighted by Gasteiger charge is 2.27. The van der Waals surface area contributed by atoms with Gasteiger partial charge in [-0.25, -0.2) is 4.39 Å². The van der Waals surface area contributed by atoms with Crippen LogP contribution in [0.1, 0.15) is 19.8 Å². The van der Waals surface area contributed by atoms with Gasteiger partial charge in [-0.1, -0.05) is 0 Å². The van der Waals surface area contributed by atoms with E-state index in [0.29, 0.717) is 24.5 Å². The Balaban J connectivity index is 1.62. The van der Waals surface area contributed by atoms with Crippen molar-refractivity contribution in [1.82, 2.24) is 5.32 Å². The highest BCUT2D eigenvalue weighted by atomic mass is 19.1. The number of carbonyl (C=O) groups excluding carboxylic acids is 1. The number of nitrogens with one attached hydrogen (secondary N) is 1. The molecule has 2 aliphatic rings. The number of nitrogens with zero attached hydrogens (tertiary/aromatic N) is 1. The van der Waals surface area contributed by atoms with Crippen molar-refractivity contribution in [2.75, 3.05) is 31.1 Å². The molecule has 0 aromatic heterocycles. The smallest absolute Gasteiger partial charge is 0.241 e. The average molecular weight is 308 g/mol. The minimum Gasteiger partial charge on any atom is -0.487 e. The first kappa shape index (κ1) is 15.2. The lowest BCUT2D eigenvalue weighted by Crippen LogP contribution is -2.46. The highest BCUT2D eigenvalue weighted by molar-refractivity contribution is 5.96. The third kappa shape index (κ3) is 3.39. The standard InChI is InChI=1S/C16H21FN2O3/c1-11-10-19(14-5-4-12(17)7-15(14)22-11)16(20)9-18-8-13-3-2-6-21-13/h4-5,7,11,13,18H,2-3,6,8-10H2,1H3/t11-,13-/m1/s1. The third-order valence-corrected chi connectivity index (χ3v) is 3.95. The maximum Gasteiger partial charge on any atom is 0.241 e. The van der Waals surface area contributed by atoms with Crippen molar-refractivity contribution >= 4 is 11.6 Å². The summed E-state index contributed by atoms with van der Waals surface area (Å²) >= 11 is 0. The van der Waals surface area contributed by atoms with Gasteiger partial charge in [-0.3, -0.25) is 4.79 Å². The molecule has 0 unspecified atom stereocenters. The predicted molar refractivity (Wildman–Crippen MR) is 80.7 cm³/mol. The van der Waals surface area contributed by atoms with Crippen molar-refractivity contribution in [2.45, 2.75) is 32.0 Å². The lowest BCUT2D eigenvalue weighted by atomic mass is 10.2. The molecule has 3 rings (SSSR count). The lowest BCUT2D eigenvalue weighted by Gasteiger charge is -2.33. The minimum atomic E-state index is -0.364. The molecular weight excluding hydrogens is 287 g/mol. The molecule has 0 saturated carbocycles. The van der Waals surface area contributed by atoms with Crippen LogP contribution in [-0.2, 0) is 9.53 Å². The van der Waals surface area contributed by atoms with E-state index < -0.39 is 0 Å². The zero-order chi connectivity index (χ0) is 15.5. The molecule has 0 radical (unpaired) electrons. The van der Waals surface area contributed by atoms with Crippen LogP contribution in [-0.4, -0.2) is 44.4 Å². The van der Waals surface area contributed by atoms with Crippen LogP contribution in [0.2, 0.25) is 0 Å². The Kier molecular flexibility index (Phi) is 4.59. The lowest BCUT2D eigenvalue weighted by molar-refractivity contribution is -0.118. The molecule has 22 heavy (non-hydrogen) atoms. The first-order valence-electron chi connectivity index (χ1n) is 7.72. The van der Waals surface area contributed by atoms with Crippen LogP contribution in [0, 0.1) is 5.82 Å². The van der Waals surface area contributed by atoms with Crippen LogP contribution in [0.3, 0.4) is 0 Å². The zero-order valence-electron chi connectivity index (χ0n) is 12.7. The van der Waals surface area contributed by atoms with Gasteiger partial charge in [0.05, 0.1) is 24.9 Å². The van der Waals surface area contributed by atoms with Crippen molar-refractivity contribution in [3.05, 3.63) is 24.0 Å². The van der Waals surface area contributed by atoms with Crippen LogP contribution in [0.25, 0.3) is 0 Å². The molecule has 0 spiro atoms. The van der Waals surface area contributed by atoms with Crippen LogP contribution in [0.15, 0.2) is 18.2 Å². The Morgan fingerprint density at radius 3 is 3.14 bits per heavy atom. The van der Waals surface area contributed by atoms with Crippen molar-refractivity contribution in [2.24, 2.45) is 0 Å². The molecule has 1 saturated heterocycles. The fourth-order valence-electron chi connectivity index (χ4n) is 2.89. The number of anilines is 1. The van der Waals surface area contributed by atoms with Crippen molar-refractivity contribution in [3.8, 4) is 5.75 Å². The summed E-state index contributed by atoms with van der Waals surface area (Å²) in [6, 6.07) is 4.26. The average Bonchev–Trinajstić information content (AvgIpc) is 2.99. The van der Waals surface area contributed by atoms with Gasteiger partial charge in [0.15, 0.2) is 0 Å². The molecule has 0 aliphatic carbocycles. The highest BCUT2D eigenvalue weighted by Crippen LogP contribution is 2.33. The van der Waals surface area contributed by atoms with E-state index >= 15 is 0 Å². The fraction of sp³-hybridized carbons (Fsp3) is 0.562. The number of rotatable bonds is 4. The topological polar surface area (TPSA) is 50.8 Å². The molecule has 1 aromatic rings. The Bertz CT molecular complexity index is 546. The second-order valence-electron chi connectivity index (χ2n) is 5.81. The molecule has 1 aromatic carbocycles. The summed E-state index contributed by atoms with van der Waals surface area (Å²) in [6.07, 6.45) is 2.17. The maximum atomic E-state index is 13.3. The second-order valence-corrected chi connectivity index (χ2v) is 5.81. The van der Waals surface area contributed by atoms with E-state index in [4.69, 9.17) is 9.47 Å². The Labute approximate surface area is 129 Å². The summed E-state index contributed by atoms with van der Waals surface area (Å²) in [4.78, 5) is 14.1. The summed E-state index contributed by atoms with van der Waals surface area (Å²) in [5.41, 5.74) is 0.628. The predicted octanol–water partition coefficient (Wildman–Crippen LogP) is 1.71. The monoisotopic (exact) mass is 308 g/mol. The molecule has 0 bridgehead atoms. The molecule has 1 amide bonds. The van der Waals surface area contributed by atoms with E-state index in [2.05, 4.69) is 5.32 Å². The summed E-state index contributed by atoms with van der Waals surface area (Å²) in [5, 5.41) is 3.15. The zero-order valence-corrected chi connectivity index (χ0v) is 12.7. The maximum absolute atomic E-state index is 13.3. The number of halogens is 1. The van der Waals surface area contributed by atoms with E-state index in [9.17, 15) is 9.18 Å². The van der Waals surface area contributed by atoms with E-state index in [1.807, 2.05) is 6.92 Å². The number of carbonyl (C=O) groups is 1. The second kappa shape index (κ2) is 6.62. The first-order chi connectivity index (χ1) is 10.6. The number of fused-ring (bicyclic) bond motifs is 1. The van der Waals surface area contributed by atoms with Crippen LogP contribution in [0.4, 0.5) is 10.1 Å². The molecule has 2 aliphatic heterocycles. The van der Waals surface area contributed by atoms with Crippen LogP contribution in [0.5, 0.6) is 5.75 Å². The van der Waals surface area contributed by atoms with Crippen molar-refractivity contribution in [3.63, 3.8) is 0 Å². The third-order valence-electron chi connectivity index (χ3n) is 3.95. The van der Waals surface area contributed by atoms with Crippen LogP contribution >= 0.6 is 0 Å². The molecule has 6 heteroatoms. The number of hydrogen-bond donors (Lipinski definition) is 1. The van der Waals surface area contributed by atoms with Crippen molar-refractivity contribution in [1.29, 1.82) is 0 Å². The number of benzene rings is 1. The number of ether oxygens (including phenoxy) is 2. The quantitative estimate of drug-likeness (QED) is 0.920. The van der Waals surface area contributed by atoms with Gasteiger partial charge in [-0.2, -0.15) is 0 Å². The first-order valence-corrected chi connectivity index (χ1v) is 7.72. The van der Waals surface area contributed by atoms with Gasteiger partial charge in [0.25, 0.3) is 0 Å². The molecule has 120 valence electrons. The summed E-state index contributed by atoms with van der Waals surface area (Å²) in [5.74, 6) is 0.0176. The van der Waals surface area contributed by atoms with E-state index in [-0.39, 0.29) is 30.5 Å². The van der Waals surface area contributed by atoms with Gasteiger partial charge < -0.3 is 19.7 Å². The molecule has 1 N–H and O–H groups in total. The molecule has 5 nitrogen and oxygen atoms in total. The summed E-state index contributed by atoms with van der Waals surface area (Å²) < 4.78 is 24.4. The van der Waals surface area contributed by atoms with Gasteiger partial charge in [0.1, 0.15) is 17.7 Å². The largest absolute Gasteiger partial charge is 0.487 e. The Morgan fingerprint density at radius 1 is 1.50 bits per heavy atom. The summed E-state index contributed by atoms with van der Waals surface area (Å²) in [7, 11) is 0. The van der Waals surface area contributed by atoms with Gasteiger partial charge in [-0.05, 0) is 31.9 Å². The van der Waals surface area contributed by atoms with E-state index in [1.165, 1.54) is 12.1 Å². The van der Waals surface area contributed by atoms with Gasteiger partial charge in [0.2, 0.25) is 5.91 Å². The number of amides is 1. The SMILES string of the molecule is C[C@@H]1CN(C(=O)CNC[C@H]2CCCO2)c2ccc(F)cc2O1. The molecule has 2 heterocycles. The van der Waals surface area contributed by atoms with E-state index in [0.717, 1.165) is 19.4 Å². The van der Waals surface area contributed by atoms with E-state index in [1.54, 1.807) is 11.0 Å². The molecule has 1 fully saturated rings. The summed E-state index contributed by atoms with van der Waals surface area (Å²) in [6.45, 7) is 4.07. The number of hydrogen-bond acceptors (Lipinski definition) is 4. The molecular formula is C16H21FN2O3. The Hall–Kier alpha value is -1.66. The van der Waals surface area contributed by atoms with Crippen molar-refractivity contribution < 1.29 is 18.7 Å². The van der Waals surface area contributed by atoms with Gasteiger partial charge in [-0.15, -0.1) is 0 Å². The molecule has 2 atom stereocenters. The van der Waals surface area contributed by atoms with Crippen LogP contribution < -0.4 is 15.0 Å². The van der Waals surface area contributed by atoms with Gasteiger partial charge in [0, 0.05) is 19.2 Å². The Morgan fingerprint density at radius 2 is 2.36 bits per heavy atom.